The molecule has 0 saturated heterocycles. The Kier molecular flexibility index (Phi) is 4.87. The van der Waals surface area contributed by atoms with Crippen LogP contribution in [0.5, 0.6) is 0 Å². The van der Waals surface area contributed by atoms with Gasteiger partial charge in [0.15, 0.2) is 0 Å². The number of rotatable bonds is 5. The van der Waals surface area contributed by atoms with Gasteiger partial charge in [0.05, 0.1) is 13.2 Å². The molecule has 1 aliphatic heterocycles. The molecule has 108 valence electrons. The number of carbonyl (C=O) groups excluding carboxylic acids is 1. The first-order chi connectivity index (χ1) is 9.63. The minimum atomic E-state index is -0.623. The molecule has 0 amide bonds. The second-order valence-corrected chi connectivity index (χ2v) is 4.88. The van der Waals surface area contributed by atoms with Gasteiger partial charge in [0.1, 0.15) is 13.2 Å². The van der Waals surface area contributed by atoms with Crippen LogP contribution in [-0.4, -0.2) is 42.8 Å². The molecule has 5 nitrogen and oxygen atoms in total. The maximum Gasteiger partial charge on any atom is 0.508 e. The molecule has 0 aliphatic carbocycles. The monoisotopic (exact) mass is 276 g/mol. The maximum absolute atomic E-state index is 11.4. The van der Waals surface area contributed by atoms with Crippen molar-refractivity contribution in [3.63, 3.8) is 0 Å². The molecule has 1 aliphatic rings. The summed E-state index contributed by atoms with van der Waals surface area (Å²) < 4.78 is 10.1. The van der Waals surface area contributed by atoms with Crippen molar-refractivity contribution in [3.05, 3.63) is 47.8 Å². The number of hydrogen-bond acceptors (Lipinski definition) is 5. The lowest BCUT2D eigenvalue weighted by Gasteiger charge is -2.17. The minimum Gasteiger partial charge on any atom is -0.432 e. The molecule has 5 heteroatoms. The van der Waals surface area contributed by atoms with Crippen molar-refractivity contribution < 1.29 is 14.3 Å². The summed E-state index contributed by atoms with van der Waals surface area (Å²) in [5.74, 6) is 0. The van der Waals surface area contributed by atoms with E-state index in [1.165, 1.54) is 5.56 Å². The van der Waals surface area contributed by atoms with E-state index in [9.17, 15) is 4.79 Å². The van der Waals surface area contributed by atoms with Gasteiger partial charge in [-0.05, 0) is 12.5 Å². The highest BCUT2D eigenvalue weighted by atomic mass is 16.7. The van der Waals surface area contributed by atoms with Gasteiger partial charge in [-0.15, -0.1) is 0 Å². The average Bonchev–Trinajstić information content (AvgIpc) is 2.84. The lowest BCUT2D eigenvalue weighted by molar-refractivity contribution is 0.0452. The Labute approximate surface area is 119 Å². The van der Waals surface area contributed by atoms with Gasteiger partial charge in [-0.2, -0.15) is 0 Å². The SMILES string of the molecule is Cc1ccc(COC(=O)OCCN2C=CN(C)C2)cc1. The molecule has 0 bridgehead atoms. The minimum absolute atomic E-state index is 0.242. The Morgan fingerprint density at radius 3 is 2.60 bits per heavy atom. The zero-order chi connectivity index (χ0) is 14.4. The van der Waals surface area contributed by atoms with Crippen LogP contribution in [0.15, 0.2) is 36.7 Å². The van der Waals surface area contributed by atoms with Gasteiger partial charge in [-0.1, -0.05) is 29.8 Å². The van der Waals surface area contributed by atoms with Crippen LogP contribution in [0.3, 0.4) is 0 Å². The molecule has 0 N–H and O–H groups in total. The summed E-state index contributed by atoms with van der Waals surface area (Å²) in [4.78, 5) is 15.5. The highest BCUT2D eigenvalue weighted by Gasteiger charge is 2.09. The van der Waals surface area contributed by atoms with Crippen LogP contribution in [0.25, 0.3) is 0 Å². The Bertz CT molecular complexity index is 471. The normalized spacial score (nSPS) is 13.7. The fourth-order valence-corrected chi connectivity index (χ4v) is 1.85. The molecule has 0 atom stereocenters. The number of benzene rings is 1. The summed E-state index contributed by atoms with van der Waals surface area (Å²) >= 11 is 0. The molecule has 0 aromatic heterocycles. The Morgan fingerprint density at radius 1 is 1.20 bits per heavy atom. The van der Waals surface area contributed by atoms with Gasteiger partial charge < -0.3 is 19.3 Å². The van der Waals surface area contributed by atoms with Crippen LogP contribution in [0, 0.1) is 6.92 Å². The highest BCUT2D eigenvalue weighted by Crippen LogP contribution is 2.06. The van der Waals surface area contributed by atoms with E-state index in [4.69, 9.17) is 9.47 Å². The highest BCUT2D eigenvalue weighted by molar-refractivity contribution is 5.59. The van der Waals surface area contributed by atoms with Crippen LogP contribution in [0.1, 0.15) is 11.1 Å². The fourth-order valence-electron chi connectivity index (χ4n) is 1.85. The topological polar surface area (TPSA) is 42.0 Å². The van der Waals surface area contributed by atoms with E-state index < -0.39 is 6.16 Å². The Morgan fingerprint density at radius 2 is 1.95 bits per heavy atom. The summed E-state index contributed by atoms with van der Waals surface area (Å²) in [5, 5.41) is 0. The van der Waals surface area contributed by atoms with Gasteiger partial charge in [0, 0.05) is 19.4 Å². The molecule has 1 aromatic rings. The van der Waals surface area contributed by atoms with E-state index in [-0.39, 0.29) is 6.61 Å². The number of hydrogen-bond donors (Lipinski definition) is 0. The first-order valence-corrected chi connectivity index (χ1v) is 6.61. The van der Waals surface area contributed by atoms with Crippen molar-refractivity contribution in [2.75, 3.05) is 26.9 Å². The van der Waals surface area contributed by atoms with E-state index >= 15 is 0 Å². The summed E-state index contributed by atoms with van der Waals surface area (Å²) in [5.41, 5.74) is 2.14. The van der Waals surface area contributed by atoms with Crippen LogP contribution in [0.2, 0.25) is 0 Å². The van der Waals surface area contributed by atoms with Crippen molar-refractivity contribution in [1.82, 2.24) is 9.80 Å². The van der Waals surface area contributed by atoms with Crippen molar-refractivity contribution in [3.8, 4) is 0 Å². The van der Waals surface area contributed by atoms with Gasteiger partial charge in [0.2, 0.25) is 0 Å². The second-order valence-electron chi connectivity index (χ2n) is 4.88. The molecule has 0 unspecified atom stereocenters. The number of ether oxygens (including phenoxy) is 2. The van der Waals surface area contributed by atoms with E-state index in [1.54, 1.807) is 0 Å². The molecule has 1 aromatic carbocycles. The van der Waals surface area contributed by atoms with Crippen molar-refractivity contribution in [2.24, 2.45) is 0 Å². The Balaban J connectivity index is 1.61. The van der Waals surface area contributed by atoms with Crippen molar-refractivity contribution >= 4 is 6.16 Å². The maximum atomic E-state index is 11.4. The summed E-state index contributed by atoms with van der Waals surface area (Å²) in [7, 11) is 1.99. The van der Waals surface area contributed by atoms with Crippen LogP contribution in [-0.2, 0) is 16.1 Å². The second kappa shape index (κ2) is 6.84. The van der Waals surface area contributed by atoms with E-state index in [2.05, 4.69) is 9.80 Å². The quantitative estimate of drug-likeness (QED) is 0.772. The molecular formula is C15H20N2O3. The standard InChI is InChI=1S/C15H20N2O3/c1-13-3-5-14(6-4-13)11-20-15(18)19-10-9-17-8-7-16(2)12-17/h3-8H,9-12H2,1-2H3. The third kappa shape index (κ3) is 4.50. The van der Waals surface area contributed by atoms with E-state index in [0.29, 0.717) is 13.2 Å². The first kappa shape index (κ1) is 14.2. The largest absolute Gasteiger partial charge is 0.508 e. The van der Waals surface area contributed by atoms with Crippen LogP contribution in [0.4, 0.5) is 4.79 Å². The van der Waals surface area contributed by atoms with Crippen LogP contribution >= 0.6 is 0 Å². The molecule has 2 rings (SSSR count). The number of nitrogens with zero attached hydrogens (tertiary/aromatic N) is 2. The van der Waals surface area contributed by atoms with E-state index in [0.717, 1.165) is 12.2 Å². The smallest absolute Gasteiger partial charge is 0.432 e. The molecule has 0 fully saturated rings. The first-order valence-electron chi connectivity index (χ1n) is 6.61. The number of aryl methyl sites for hydroxylation is 1. The van der Waals surface area contributed by atoms with Gasteiger partial charge in [-0.25, -0.2) is 4.79 Å². The number of carbonyl (C=O) groups is 1. The lowest BCUT2D eigenvalue weighted by Crippen LogP contribution is -2.26. The van der Waals surface area contributed by atoms with Crippen LogP contribution < -0.4 is 0 Å². The fraction of sp³-hybridized carbons (Fsp3) is 0.400. The molecule has 1 heterocycles. The predicted molar refractivity (Wildman–Crippen MR) is 75.8 cm³/mol. The zero-order valence-corrected chi connectivity index (χ0v) is 11.9. The predicted octanol–water partition coefficient (Wildman–Crippen LogP) is 2.32. The summed E-state index contributed by atoms with van der Waals surface area (Å²) in [6.07, 6.45) is 3.33. The molecule has 0 radical (unpaired) electrons. The van der Waals surface area contributed by atoms with Crippen molar-refractivity contribution in [1.29, 1.82) is 0 Å². The lowest BCUT2D eigenvalue weighted by atomic mass is 10.2. The van der Waals surface area contributed by atoms with Gasteiger partial charge in [-0.3, -0.25) is 0 Å². The Hall–Kier alpha value is -2.17. The molecule has 0 saturated carbocycles. The molecular weight excluding hydrogens is 256 g/mol. The summed E-state index contributed by atoms with van der Waals surface area (Å²) in [6, 6.07) is 7.85. The van der Waals surface area contributed by atoms with Gasteiger partial charge >= 0.3 is 6.16 Å². The molecule has 20 heavy (non-hydrogen) atoms. The molecule has 0 spiro atoms. The third-order valence-electron chi connectivity index (χ3n) is 3.01. The van der Waals surface area contributed by atoms with E-state index in [1.807, 2.05) is 50.6 Å². The van der Waals surface area contributed by atoms with Gasteiger partial charge in [0.25, 0.3) is 0 Å². The summed E-state index contributed by atoms with van der Waals surface area (Å²) in [6.45, 7) is 4.07. The zero-order valence-electron chi connectivity index (χ0n) is 11.9. The van der Waals surface area contributed by atoms with Crippen molar-refractivity contribution in [2.45, 2.75) is 13.5 Å². The third-order valence-corrected chi connectivity index (χ3v) is 3.01. The average molecular weight is 276 g/mol.